The zero-order chi connectivity index (χ0) is 53.7. The zero-order valence-corrected chi connectivity index (χ0v) is 35.1. The topological polar surface area (TPSA) is 296 Å². The van der Waals surface area contributed by atoms with E-state index >= 15 is 0 Å². The van der Waals surface area contributed by atoms with Gasteiger partial charge in [-0.15, -0.1) is 0 Å². The second kappa shape index (κ2) is 28.4. The predicted molar refractivity (Wildman–Crippen MR) is 224 cm³/mol. The molecule has 2 aliphatic heterocycles. The highest BCUT2D eigenvalue weighted by Gasteiger charge is 2.36. The summed E-state index contributed by atoms with van der Waals surface area (Å²) in [5.41, 5.74) is 5.28. The lowest BCUT2D eigenvalue weighted by atomic mass is 10.1. The van der Waals surface area contributed by atoms with Gasteiger partial charge in [0.05, 0.1) is 72.5 Å². The minimum atomic E-state index is -2.54. The highest BCUT2D eigenvalue weighted by Crippen LogP contribution is 2.29. The molecular weight excluding hydrogens is 995 g/mol. The Balaban J connectivity index is -0.000000873. The number of nitrogens with one attached hydrogen (secondary N) is 2. The van der Waals surface area contributed by atoms with Gasteiger partial charge in [-0.2, -0.15) is 0 Å². The Labute approximate surface area is 389 Å². The lowest BCUT2D eigenvalue weighted by Gasteiger charge is -2.24. The van der Waals surface area contributed by atoms with Crippen molar-refractivity contribution in [2.45, 2.75) is 52.2 Å². The number of hydrogen-bond acceptors (Lipinski definition) is 15. The molecule has 3 atom stereocenters. The standard InChI is InChI=1S/C11H13BrN2O5.2C10H9BrN2O4.2CH4O.2CH4.B/c1-18-9(15)5-7(11(17)19-2)14-6(10(13)16)3-4-8(14)12;2*1-17-8(14)4-6-10(16)12-9(15)5-2-3-7(11)13(5)6;2*1-2;;;/h3-4,7H,5H2,1-2H3,(H2,13,16);2*2-3,6H,4H2,1H3,(H,12,15,16);2*2H,1H3;2*1H4;/t7-;2*6-;;;;;/m111...../s1/i;2*6D;2*1D3,2D;;;/hD2. The van der Waals surface area contributed by atoms with Crippen LogP contribution in [0.15, 0.2) is 50.2 Å². The molecule has 5 heterocycles. The summed E-state index contributed by atoms with van der Waals surface area (Å²) in [4.78, 5) is 105. The molecule has 3 radical (unpaired) electrons. The number of nitrogens with two attached hydrogens (primary N) is 1. The van der Waals surface area contributed by atoms with Crippen molar-refractivity contribution >= 4 is 110 Å². The fourth-order valence-corrected chi connectivity index (χ4v) is 6.30. The van der Waals surface area contributed by atoms with Crippen LogP contribution in [-0.2, 0) is 47.7 Å². The molecule has 25 heteroatoms. The Kier molecular flexibility index (Phi) is 18.5. The molecule has 3 aromatic heterocycles. The fraction of sp³-hybridized carbons (Fsp3) is 0.400. The molecule has 3 aromatic rings. The van der Waals surface area contributed by atoms with Gasteiger partial charge in [-0.25, -0.2) is 4.79 Å². The fourth-order valence-electron chi connectivity index (χ4n) is 4.65. The highest BCUT2D eigenvalue weighted by atomic mass is 79.9. The zero-order valence-electron chi connectivity index (χ0n) is 42.3. The summed E-state index contributed by atoms with van der Waals surface area (Å²) in [6.45, 7) is 0. The third-order valence-electron chi connectivity index (χ3n) is 7.12. The first-order valence-electron chi connectivity index (χ1n) is 20.6. The second-order valence-corrected chi connectivity index (χ2v) is 12.6. The van der Waals surface area contributed by atoms with Crippen molar-refractivity contribution in [1.82, 2.24) is 24.3 Å². The molecule has 0 saturated heterocycles. The van der Waals surface area contributed by atoms with Crippen LogP contribution in [0, 0.1) is 0 Å². The summed E-state index contributed by atoms with van der Waals surface area (Å²) in [5.74, 6) is -7.46. The number of imide groups is 2. The van der Waals surface area contributed by atoms with Gasteiger partial charge in [-0.05, 0) is 84.2 Å². The van der Waals surface area contributed by atoms with Crippen molar-refractivity contribution < 1.29 is 86.1 Å². The molecule has 331 valence electrons. The highest BCUT2D eigenvalue weighted by molar-refractivity contribution is 9.11. The first kappa shape index (κ1) is 39.1. The van der Waals surface area contributed by atoms with E-state index in [2.05, 4.69) is 77.0 Å². The number of ether oxygens (including phenoxy) is 4. The van der Waals surface area contributed by atoms with E-state index in [1.165, 1.54) is 49.1 Å². The average Bonchev–Trinajstić information content (AvgIpc) is 4.01. The van der Waals surface area contributed by atoms with E-state index in [9.17, 15) is 43.2 Å². The molecule has 0 fully saturated rings. The molecule has 2 aliphatic rings. The summed E-state index contributed by atoms with van der Waals surface area (Å²) in [6.07, 6.45) is -1.45. The molecule has 6 N–H and O–H groups in total. The van der Waals surface area contributed by atoms with Crippen molar-refractivity contribution in [3.63, 3.8) is 0 Å². The van der Waals surface area contributed by atoms with Gasteiger partial charge in [0.2, 0.25) is 2.86 Å². The van der Waals surface area contributed by atoms with Crippen LogP contribution < -0.4 is 16.4 Å². The van der Waals surface area contributed by atoms with E-state index < -0.39 is 98.4 Å². The van der Waals surface area contributed by atoms with E-state index in [0.29, 0.717) is 13.8 Å². The van der Waals surface area contributed by atoms with Crippen molar-refractivity contribution in [3.05, 3.63) is 67.3 Å². The number of amides is 5. The van der Waals surface area contributed by atoms with Gasteiger partial charge in [-0.1, -0.05) is 14.9 Å². The van der Waals surface area contributed by atoms with Crippen LogP contribution in [0.5, 0.6) is 0 Å². The molecule has 60 heavy (non-hydrogen) atoms. The molecule has 5 amide bonds. The van der Waals surface area contributed by atoms with E-state index in [-0.39, 0.29) is 57.4 Å². The molecule has 0 bridgehead atoms. The number of carbonyl (C=O) groups is 9. The minimum Gasteiger partial charge on any atom is -0.469 e. The molecular formula is C35H47BBr3N6O15. The van der Waals surface area contributed by atoms with E-state index in [1.54, 1.807) is 6.07 Å². The normalized spacial score (nSPS) is 20.5. The number of hydrogen-bond donors (Lipinski definition) is 5. The molecule has 0 spiro atoms. The number of methoxy groups -OCH3 is 4. The molecule has 21 nitrogen and oxygen atoms in total. The number of nitrogens with zero attached hydrogens (tertiary/aromatic N) is 3. The van der Waals surface area contributed by atoms with Crippen molar-refractivity contribution in [3.8, 4) is 0 Å². The third kappa shape index (κ3) is 14.9. The Hall–Kier alpha value is -5.11. The summed E-state index contributed by atoms with van der Waals surface area (Å²) >= 11 is 9.43. The lowest BCUT2D eigenvalue weighted by Crippen LogP contribution is -2.44. The Morgan fingerprint density at radius 3 is 1.47 bits per heavy atom. The number of primary amides is 1. The number of esters is 4. The minimum absolute atomic E-state index is 0. The summed E-state index contributed by atoms with van der Waals surface area (Å²) in [5, 5.41) is 6.56. The van der Waals surface area contributed by atoms with E-state index in [1.807, 2.05) is 0 Å². The Bertz CT molecular complexity index is 2310. The number of aromatic nitrogens is 3. The first-order chi connectivity index (χ1) is 31.7. The van der Waals surface area contributed by atoms with Crippen LogP contribution in [0.1, 0.15) is 94.6 Å². The number of halogens is 3. The van der Waals surface area contributed by atoms with Gasteiger partial charge in [-0.3, -0.25) is 49.0 Å². The monoisotopic (exact) mass is 1050 g/mol. The molecule has 5 rings (SSSR count). The van der Waals surface area contributed by atoms with Crippen LogP contribution in [0.2, 0.25) is 2.82 Å². The summed E-state index contributed by atoms with van der Waals surface area (Å²) in [7, 11) is -0.424. The average molecular weight is 1050 g/mol. The Morgan fingerprint density at radius 2 is 1.13 bits per heavy atom. The van der Waals surface area contributed by atoms with Crippen molar-refractivity contribution in [1.29, 1.82) is 2.86 Å². The lowest BCUT2D eigenvalue weighted by molar-refractivity contribution is -0.151. The quantitative estimate of drug-likeness (QED) is 0.0887. The Morgan fingerprint density at radius 1 is 0.750 bits per heavy atom. The van der Waals surface area contributed by atoms with Gasteiger partial charge >= 0.3 is 23.9 Å². The maximum absolute atomic E-state index is 12.0. The van der Waals surface area contributed by atoms with Gasteiger partial charge in [0.1, 0.15) is 35.2 Å². The maximum Gasteiger partial charge on any atom is 0.329 e. The van der Waals surface area contributed by atoms with Gasteiger partial charge < -0.3 is 48.6 Å². The molecule has 0 aromatic carbocycles. The van der Waals surface area contributed by atoms with Crippen LogP contribution in [-0.4, -0.2) is 131 Å². The largest absolute Gasteiger partial charge is 0.469 e. The smallest absolute Gasteiger partial charge is 0.329 e. The van der Waals surface area contributed by atoms with E-state index in [0.717, 1.165) is 23.4 Å². The predicted octanol–water partition coefficient (Wildman–Crippen LogP) is 1.98. The van der Waals surface area contributed by atoms with Crippen LogP contribution >= 0.6 is 47.8 Å². The summed E-state index contributed by atoms with van der Waals surface area (Å²) in [6, 6.07) is 3.44. The number of carbonyl (C=O) groups excluding carboxylic acids is 9. The van der Waals surface area contributed by atoms with Crippen LogP contribution in [0.4, 0.5) is 0 Å². The van der Waals surface area contributed by atoms with E-state index in [4.69, 9.17) is 22.4 Å². The molecule has 0 unspecified atom stereocenters. The number of rotatable bonds is 9. The molecule has 0 saturated carbocycles. The van der Waals surface area contributed by atoms with Gasteiger partial charge in [0, 0.05) is 22.5 Å². The van der Waals surface area contributed by atoms with Gasteiger partial charge in [0.25, 0.3) is 29.5 Å². The first-order valence-corrected chi connectivity index (χ1v) is 17.3. The van der Waals surface area contributed by atoms with Crippen molar-refractivity contribution in [2.24, 2.45) is 5.73 Å². The number of aliphatic hydroxyl groups is 2. The third-order valence-corrected chi connectivity index (χ3v) is 9.00. The maximum atomic E-state index is 12.0. The van der Waals surface area contributed by atoms with Crippen molar-refractivity contribution in [2.75, 3.05) is 42.5 Å². The second-order valence-electron chi connectivity index (χ2n) is 10.2. The van der Waals surface area contributed by atoms with Crippen LogP contribution in [0.25, 0.3) is 0 Å². The summed E-state index contributed by atoms with van der Waals surface area (Å²) < 4.78 is 102. The number of fused-ring (bicyclic) bond motifs is 2. The SMILES string of the molecule is C.C.COC(=O)C[C@H](C(=O)OC)n1c(Br)ccc1C(N)=O.[2H]N1C(=O)c2ccc(Br)n2[C@]([2H])(CC(=O)OC)C1=O.[2H]N1C(=O)c2ccc(Br)n2[C@]([2H])(CC(=O)OC)C1=O.[2H]OC([2H])([2H])[2H].[2H]OC([2H])([2H])[2H].[B]. The van der Waals surface area contributed by atoms with Gasteiger partial charge in [0.15, 0.2) is 2.82 Å². The van der Waals surface area contributed by atoms with Crippen LogP contribution in [0.3, 0.4) is 0 Å². The molecule has 0 aliphatic carbocycles.